The molecule has 0 aromatic heterocycles. The van der Waals surface area contributed by atoms with Crippen molar-refractivity contribution in [3.8, 4) is 17.6 Å². The summed E-state index contributed by atoms with van der Waals surface area (Å²) >= 11 is 3.38. The van der Waals surface area contributed by atoms with Crippen molar-refractivity contribution in [3.05, 3.63) is 97.5 Å². The number of nitrogens with zero attached hydrogens (tertiary/aromatic N) is 2. The Bertz CT molecular complexity index is 1430. The van der Waals surface area contributed by atoms with E-state index in [1.54, 1.807) is 25.1 Å². The maximum Gasteiger partial charge on any atom is 0.416 e. The van der Waals surface area contributed by atoms with Crippen LogP contribution in [0.4, 0.5) is 24.5 Å². The molecular formula is C26H19BrF3N3O5. The largest absolute Gasteiger partial charge is 0.490 e. The number of rotatable bonds is 9. The van der Waals surface area contributed by atoms with Crippen LogP contribution in [-0.4, -0.2) is 17.4 Å². The molecule has 0 unspecified atom stereocenters. The summed E-state index contributed by atoms with van der Waals surface area (Å²) in [7, 11) is 0. The van der Waals surface area contributed by atoms with Crippen molar-refractivity contribution in [2.24, 2.45) is 0 Å². The van der Waals surface area contributed by atoms with E-state index in [0.717, 1.165) is 18.2 Å². The zero-order valence-corrected chi connectivity index (χ0v) is 21.3. The summed E-state index contributed by atoms with van der Waals surface area (Å²) in [6.45, 7) is 2.00. The third kappa shape index (κ3) is 7.33. The van der Waals surface area contributed by atoms with Gasteiger partial charge in [0.15, 0.2) is 11.5 Å². The summed E-state index contributed by atoms with van der Waals surface area (Å²) in [5.74, 6) is -0.330. The number of nitro benzene ring substituents is 1. The van der Waals surface area contributed by atoms with Gasteiger partial charge in [0, 0.05) is 17.8 Å². The van der Waals surface area contributed by atoms with Crippen LogP contribution < -0.4 is 14.8 Å². The van der Waals surface area contributed by atoms with Gasteiger partial charge in [0.25, 0.3) is 11.6 Å². The Hall–Kier alpha value is -4.37. The number of nitrogens with one attached hydrogen (secondary N) is 1. The van der Waals surface area contributed by atoms with Crippen LogP contribution in [0.5, 0.6) is 11.5 Å². The van der Waals surface area contributed by atoms with Gasteiger partial charge in [-0.05, 0) is 70.4 Å². The van der Waals surface area contributed by atoms with E-state index in [-0.39, 0.29) is 35.9 Å². The van der Waals surface area contributed by atoms with Crippen LogP contribution in [0.3, 0.4) is 0 Å². The highest BCUT2D eigenvalue weighted by Crippen LogP contribution is 2.38. The van der Waals surface area contributed by atoms with E-state index < -0.39 is 22.6 Å². The van der Waals surface area contributed by atoms with E-state index in [1.165, 1.54) is 36.4 Å². The van der Waals surface area contributed by atoms with Crippen LogP contribution in [0.15, 0.2) is 70.7 Å². The van der Waals surface area contributed by atoms with Gasteiger partial charge in [0.1, 0.15) is 18.2 Å². The number of non-ortho nitro benzene ring substituents is 1. The molecule has 0 saturated carbocycles. The topological polar surface area (TPSA) is 114 Å². The number of carbonyl (C=O) groups excluding carboxylic acids is 1. The Morgan fingerprint density at radius 2 is 1.89 bits per heavy atom. The van der Waals surface area contributed by atoms with Crippen LogP contribution in [0, 0.1) is 21.4 Å². The summed E-state index contributed by atoms with van der Waals surface area (Å²) in [4.78, 5) is 23.1. The molecule has 1 N–H and O–H groups in total. The first-order valence-corrected chi connectivity index (χ1v) is 11.7. The van der Waals surface area contributed by atoms with Crippen molar-refractivity contribution in [2.75, 3.05) is 11.9 Å². The molecule has 12 heteroatoms. The SMILES string of the molecule is CCOc1cc(/C=C(\C#N)C(=O)Nc2cccc(C(F)(F)F)c2)cc(Br)c1OCc1cccc([N+](=O)[O-])c1. The van der Waals surface area contributed by atoms with Gasteiger partial charge in [0.05, 0.1) is 21.6 Å². The predicted octanol–water partition coefficient (Wildman–Crippen LogP) is 6.90. The number of carbonyl (C=O) groups is 1. The summed E-state index contributed by atoms with van der Waals surface area (Å²) < 4.78 is 50.8. The van der Waals surface area contributed by atoms with Gasteiger partial charge >= 0.3 is 6.18 Å². The van der Waals surface area contributed by atoms with E-state index >= 15 is 0 Å². The molecule has 8 nitrogen and oxygen atoms in total. The standard InChI is InChI=1S/C26H19BrF3N3O5/c1-2-37-23-12-17(11-22(27)24(23)38-15-16-5-3-8-21(10-16)33(35)36)9-18(14-31)25(34)32-20-7-4-6-19(13-20)26(28,29)30/h3-13H,2,15H2,1H3,(H,32,34)/b18-9+. The van der Waals surface area contributed by atoms with Crippen LogP contribution in [0.25, 0.3) is 6.08 Å². The number of amides is 1. The number of alkyl halides is 3. The van der Waals surface area contributed by atoms with E-state index in [0.29, 0.717) is 21.3 Å². The fourth-order valence-electron chi connectivity index (χ4n) is 3.28. The Morgan fingerprint density at radius 3 is 2.55 bits per heavy atom. The number of benzene rings is 3. The van der Waals surface area contributed by atoms with E-state index in [2.05, 4.69) is 21.2 Å². The molecule has 0 aliphatic rings. The Kier molecular flexibility index (Phi) is 9.09. The van der Waals surface area contributed by atoms with Crippen molar-refractivity contribution >= 4 is 39.3 Å². The molecule has 0 radical (unpaired) electrons. The highest BCUT2D eigenvalue weighted by molar-refractivity contribution is 9.10. The Morgan fingerprint density at radius 1 is 1.16 bits per heavy atom. The zero-order chi connectivity index (χ0) is 27.9. The molecule has 0 bridgehead atoms. The van der Waals surface area contributed by atoms with Gasteiger partial charge in [-0.3, -0.25) is 14.9 Å². The number of halogens is 4. The first-order valence-electron chi connectivity index (χ1n) is 10.9. The van der Waals surface area contributed by atoms with E-state index in [1.807, 2.05) is 0 Å². The van der Waals surface area contributed by atoms with Gasteiger partial charge < -0.3 is 14.8 Å². The summed E-state index contributed by atoms with van der Waals surface area (Å²) in [5, 5.41) is 22.8. The molecule has 0 heterocycles. The quantitative estimate of drug-likeness (QED) is 0.126. The molecular weight excluding hydrogens is 571 g/mol. The summed E-state index contributed by atoms with van der Waals surface area (Å²) in [6.07, 6.45) is -3.34. The lowest BCUT2D eigenvalue weighted by Crippen LogP contribution is -2.14. The maximum atomic E-state index is 13.0. The lowest BCUT2D eigenvalue weighted by molar-refractivity contribution is -0.384. The van der Waals surface area contributed by atoms with Crippen molar-refractivity contribution in [1.82, 2.24) is 0 Å². The first-order chi connectivity index (χ1) is 18.0. The molecule has 3 aromatic carbocycles. The molecule has 3 rings (SSSR count). The molecule has 1 amide bonds. The molecule has 196 valence electrons. The lowest BCUT2D eigenvalue weighted by atomic mass is 10.1. The van der Waals surface area contributed by atoms with Gasteiger partial charge in [-0.1, -0.05) is 18.2 Å². The van der Waals surface area contributed by atoms with Gasteiger partial charge in [-0.25, -0.2) is 0 Å². The molecule has 0 atom stereocenters. The third-order valence-corrected chi connectivity index (χ3v) is 5.55. The molecule has 0 aliphatic carbocycles. The highest BCUT2D eigenvalue weighted by atomic mass is 79.9. The molecule has 38 heavy (non-hydrogen) atoms. The Balaban J connectivity index is 1.85. The summed E-state index contributed by atoms with van der Waals surface area (Å²) in [5.41, 5.74) is -0.574. The minimum Gasteiger partial charge on any atom is -0.490 e. The van der Waals surface area contributed by atoms with Crippen LogP contribution in [-0.2, 0) is 17.6 Å². The number of hydrogen-bond acceptors (Lipinski definition) is 6. The highest BCUT2D eigenvalue weighted by Gasteiger charge is 2.30. The van der Waals surface area contributed by atoms with Crippen molar-refractivity contribution in [3.63, 3.8) is 0 Å². The average molecular weight is 590 g/mol. The molecule has 0 spiro atoms. The van der Waals surface area contributed by atoms with Crippen molar-refractivity contribution in [2.45, 2.75) is 19.7 Å². The van der Waals surface area contributed by atoms with Crippen molar-refractivity contribution in [1.29, 1.82) is 5.26 Å². The minimum atomic E-state index is -4.59. The third-order valence-electron chi connectivity index (χ3n) is 4.96. The predicted molar refractivity (Wildman–Crippen MR) is 136 cm³/mol. The number of nitriles is 1. The number of anilines is 1. The normalized spacial score (nSPS) is 11.4. The molecule has 0 saturated heterocycles. The maximum absolute atomic E-state index is 13.0. The fourth-order valence-corrected chi connectivity index (χ4v) is 3.85. The second-order valence-electron chi connectivity index (χ2n) is 7.68. The van der Waals surface area contributed by atoms with E-state index in [4.69, 9.17) is 9.47 Å². The monoisotopic (exact) mass is 589 g/mol. The fraction of sp³-hybridized carbons (Fsp3) is 0.154. The minimum absolute atomic E-state index is 0.00161. The number of hydrogen-bond donors (Lipinski definition) is 1. The van der Waals surface area contributed by atoms with Gasteiger partial charge in [-0.2, -0.15) is 18.4 Å². The first kappa shape index (κ1) is 28.2. The summed E-state index contributed by atoms with van der Waals surface area (Å²) in [6, 6.07) is 14.8. The van der Waals surface area contributed by atoms with Crippen LogP contribution in [0.1, 0.15) is 23.6 Å². The number of nitro groups is 1. The average Bonchev–Trinajstić information content (AvgIpc) is 2.86. The van der Waals surface area contributed by atoms with E-state index in [9.17, 15) is 33.3 Å². The van der Waals surface area contributed by atoms with Gasteiger partial charge in [-0.15, -0.1) is 0 Å². The zero-order valence-electron chi connectivity index (χ0n) is 19.7. The number of ether oxygens (including phenoxy) is 2. The van der Waals surface area contributed by atoms with Crippen molar-refractivity contribution < 1.29 is 32.4 Å². The second-order valence-corrected chi connectivity index (χ2v) is 8.54. The molecule has 0 fully saturated rings. The van der Waals surface area contributed by atoms with Crippen LogP contribution >= 0.6 is 15.9 Å². The smallest absolute Gasteiger partial charge is 0.416 e. The second kappa shape index (κ2) is 12.2. The molecule has 0 aliphatic heterocycles. The van der Waals surface area contributed by atoms with Gasteiger partial charge in [0.2, 0.25) is 0 Å². The molecule has 3 aromatic rings. The Labute approximate surface area is 223 Å². The van der Waals surface area contributed by atoms with Crippen LogP contribution in [0.2, 0.25) is 0 Å². The lowest BCUT2D eigenvalue weighted by Gasteiger charge is -2.15.